The van der Waals surface area contributed by atoms with Gasteiger partial charge in [-0.3, -0.25) is 4.79 Å². The molecule has 0 bridgehead atoms. The number of ether oxygens (including phenoxy) is 1. The topological polar surface area (TPSA) is 56.1 Å². The number of hydrogen-bond acceptors (Lipinski definition) is 3. The summed E-state index contributed by atoms with van der Waals surface area (Å²) < 4.78 is 7.62. The van der Waals surface area contributed by atoms with Crippen LogP contribution in [0.4, 0.5) is 0 Å². The van der Waals surface area contributed by atoms with Gasteiger partial charge in [0.05, 0.1) is 17.6 Å². The largest absolute Gasteiger partial charge is 0.368 e. The molecule has 5 nitrogen and oxygen atoms in total. The maximum Gasteiger partial charge on any atom is 0.249 e. The zero-order chi connectivity index (χ0) is 19.2. The summed E-state index contributed by atoms with van der Waals surface area (Å²) in [5, 5.41) is 3.10. The van der Waals surface area contributed by atoms with Gasteiger partial charge in [-0.05, 0) is 31.0 Å². The first kappa shape index (κ1) is 18.9. The Morgan fingerprint density at radius 3 is 2.63 bits per heavy atom. The lowest BCUT2D eigenvalue weighted by Crippen LogP contribution is -2.38. The number of imidazole rings is 1. The predicted molar refractivity (Wildman–Crippen MR) is 107 cm³/mol. The van der Waals surface area contributed by atoms with E-state index in [-0.39, 0.29) is 11.9 Å². The predicted octanol–water partition coefficient (Wildman–Crippen LogP) is 3.76. The maximum atomic E-state index is 12.7. The van der Waals surface area contributed by atoms with E-state index in [2.05, 4.69) is 11.9 Å². The zero-order valence-electron chi connectivity index (χ0n) is 15.8. The van der Waals surface area contributed by atoms with Crippen LogP contribution in [0, 0.1) is 0 Å². The number of aryl methyl sites for hydroxylation is 1. The van der Waals surface area contributed by atoms with Crippen LogP contribution in [0.3, 0.4) is 0 Å². The fraction of sp³-hybridized carbons (Fsp3) is 0.273. The highest BCUT2D eigenvalue weighted by molar-refractivity contribution is 5.81. The van der Waals surface area contributed by atoms with E-state index in [1.54, 1.807) is 13.0 Å². The van der Waals surface area contributed by atoms with E-state index in [0.29, 0.717) is 13.0 Å². The molecule has 0 saturated carbocycles. The smallest absolute Gasteiger partial charge is 0.249 e. The zero-order valence-corrected chi connectivity index (χ0v) is 15.8. The molecule has 2 unspecified atom stereocenters. The van der Waals surface area contributed by atoms with E-state index in [9.17, 15) is 4.79 Å². The van der Waals surface area contributed by atoms with Gasteiger partial charge in [0.15, 0.2) is 0 Å². The van der Waals surface area contributed by atoms with Crippen LogP contribution in [0.15, 0.2) is 67.3 Å². The quantitative estimate of drug-likeness (QED) is 0.490. The molecule has 140 valence electrons. The van der Waals surface area contributed by atoms with Crippen LogP contribution >= 0.6 is 0 Å². The number of carbonyl (C=O) groups excluding carboxylic acids is 1. The van der Waals surface area contributed by atoms with E-state index in [1.807, 2.05) is 66.2 Å². The number of rotatable bonds is 8. The molecule has 1 N–H and O–H groups in total. The lowest BCUT2D eigenvalue weighted by atomic mass is 10.1. The Bertz CT molecular complexity index is 918. The highest BCUT2D eigenvalue weighted by Crippen LogP contribution is 2.25. The first-order chi connectivity index (χ1) is 13.1. The van der Waals surface area contributed by atoms with Crippen LogP contribution in [0.2, 0.25) is 0 Å². The summed E-state index contributed by atoms with van der Waals surface area (Å²) in [6.07, 6.45) is 1.94. The molecule has 0 aliphatic heterocycles. The molecule has 0 aliphatic carbocycles. The molecule has 2 atom stereocenters. The molecule has 2 aromatic carbocycles. The lowest BCUT2D eigenvalue weighted by Gasteiger charge is -2.21. The minimum Gasteiger partial charge on any atom is -0.368 e. The normalized spacial score (nSPS) is 13.3. The van der Waals surface area contributed by atoms with Gasteiger partial charge in [-0.25, -0.2) is 4.98 Å². The molecule has 27 heavy (non-hydrogen) atoms. The van der Waals surface area contributed by atoms with Crippen molar-refractivity contribution in [3.8, 4) is 0 Å². The molecular weight excluding hydrogens is 338 g/mol. The van der Waals surface area contributed by atoms with Crippen LogP contribution in [0.5, 0.6) is 0 Å². The fourth-order valence-corrected chi connectivity index (χ4v) is 3.03. The van der Waals surface area contributed by atoms with Gasteiger partial charge in [-0.2, -0.15) is 0 Å². The highest BCUT2D eigenvalue weighted by atomic mass is 16.5. The van der Waals surface area contributed by atoms with Crippen LogP contribution in [-0.2, 0) is 16.6 Å². The van der Waals surface area contributed by atoms with Crippen molar-refractivity contribution in [3.63, 3.8) is 0 Å². The second kappa shape index (κ2) is 8.64. The third-order valence-electron chi connectivity index (χ3n) is 4.56. The Kier molecular flexibility index (Phi) is 6.04. The van der Waals surface area contributed by atoms with E-state index < -0.39 is 6.10 Å². The number of hydrogen-bond donors (Lipinski definition) is 1. The Morgan fingerprint density at radius 2 is 1.93 bits per heavy atom. The van der Waals surface area contributed by atoms with E-state index in [1.165, 1.54) is 0 Å². The van der Waals surface area contributed by atoms with Crippen LogP contribution < -0.4 is 5.32 Å². The first-order valence-electron chi connectivity index (χ1n) is 9.11. The van der Waals surface area contributed by atoms with Crippen molar-refractivity contribution >= 4 is 16.9 Å². The maximum absolute atomic E-state index is 12.7. The summed E-state index contributed by atoms with van der Waals surface area (Å²) in [5.74, 6) is 0.619. The molecule has 3 aromatic rings. The van der Waals surface area contributed by atoms with Gasteiger partial charge in [-0.1, -0.05) is 48.5 Å². The van der Waals surface area contributed by atoms with Gasteiger partial charge in [0, 0.05) is 7.05 Å². The van der Waals surface area contributed by atoms with Crippen LogP contribution in [0.25, 0.3) is 11.0 Å². The lowest BCUT2D eigenvalue weighted by molar-refractivity contribution is -0.132. The molecule has 1 heterocycles. The number of nitrogens with zero attached hydrogens (tertiary/aromatic N) is 2. The molecular formula is C22H25N3O2. The Hall–Kier alpha value is -2.92. The number of carbonyl (C=O) groups is 1. The minimum atomic E-state index is -0.550. The van der Waals surface area contributed by atoms with Gasteiger partial charge in [0.2, 0.25) is 5.91 Å². The van der Waals surface area contributed by atoms with E-state index >= 15 is 0 Å². The number of benzene rings is 2. The summed E-state index contributed by atoms with van der Waals surface area (Å²) in [6, 6.07) is 17.5. The molecule has 5 heteroatoms. The Labute approximate surface area is 159 Å². The summed E-state index contributed by atoms with van der Waals surface area (Å²) in [4.78, 5) is 17.5. The number of amides is 1. The van der Waals surface area contributed by atoms with E-state index in [4.69, 9.17) is 9.72 Å². The summed E-state index contributed by atoms with van der Waals surface area (Å²) in [6.45, 7) is 5.90. The summed E-state index contributed by atoms with van der Waals surface area (Å²) in [7, 11) is 1.97. The average Bonchev–Trinajstić information content (AvgIpc) is 3.03. The molecule has 0 aliphatic rings. The van der Waals surface area contributed by atoms with Gasteiger partial charge >= 0.3 is 0 Å². The molecule has 1 aromatic heterocycles. The SMILES string of the molecule is C=CCCOC(C)C(=O)NC(c1ccccc1)c1nc2ccccc2n1C. The van der Waals surface area contributed by atoms with Crippen molar-refractivity contribution in [2.75, 3.05) is 6.61 Å². The molecule has 1 amide bonds. The van der Waals surface area contributed by atoms with E-state index in [0.717, 1.165) is 22.4 Å². The molecule has 3 rings (SSSR count). The average molecular weight is 363 g/mol. The van der Waals surface area contributed by atoms with Crippen molar-refractivity contribution in [1.29, 1.82) is 0 Å². The number of nitrogens with one attached hydrogen (secondary N) is 1. The van der Waals surface area contributed by atoms with Gasteiger partial charge in [0.1, 0.15) is 18.0 Å². The molecule has 0 radical (unpaired) electrons. The minimum absolute atomic E-state index is 0.167. The molecule has 0 spiro atoms. The summed E-state index contributed by atoms with van der Waals surface area (Å²) in [5.41, 5.74) is 2.90. The first-order valence-corrected chi connectivity index (χ1v) is 9.11. The number of fused-ring (bicyclic) bond motifs is 1. The third-order valence-corrected chi connectivity index (χ3v) is 4.56. The number of aromatic nitrogens is 2. The standard InChI is InChI=1S/C22H25N3O2/c1-4-5-15-27-16(2)22(26)24-20(17-11-7-6-8-12-17)21-23-18-13-9-10-14-19(18)25(21)3/h4,6-14,16,20H,1,5,15H2,2-3H3,(H,24,26). The van der Waals surface area contributed by atoms with Crippen molar-refractivity contribution in [2.45, 2.75) is 25.5 Å². The second-order valence-corrected chi connectivity index (χ2v) is 6.46. The third kappa shape index (κ3) is 4.26. The number of para-hydroxylation sites is 2. The van der Waals surface area contributed by atoms with Crippen molar-refractivity contribution in [1.82, 2.24) is 14.9 Å². The van der Waals surface area contributed by atoms with Gasteiger partial charge < -0.3 is 14.6 Å². The monoisotopic (exact) mass is 363 g/mol. The highest BCUT2D eigenvalue weighted by Gasteiger charge is 2.25. The molecule has 0 saturated heterocycles. The Balaban J connectivity index is 1.91. The fourth-order valence-electron chi connectivity index (χ4n) is 3.03. The second-order valence-electron chi connectivity index (χ2n) is 6.46. The van der Waals surface area contributed by atoms with Crippen LogP contribution in [0.1, 0.15) is 30.8 Å². The summed E-state index contributed by atoms with van der Waals surface area (Å²) >= 11 is 0. The Morgan fingerprint density at radius 1 is 1.22 bits per heavy atom. The molecule has 0 fully saturated rings. The van der Waals surface area contributed by atoms with Crippen molar-refractivity contribution in [3.05, 3.63) is 78.6 Å². The van der Waals surface area contributed by atoms with Gasteiger partial charge in [0.25, 0.3) is 0 Å². The van der Waals surface area contributed by atoms with Crippen molar-refractivity contribution < 1.29 is 9.53 Å². The van der Waals surface area contributed by atoms with Crippen molar-refractivity contribution in [2.24, 2.45) is 7.05 Å². The van der Waals surface area contributed by atoms with Gasteiger partial charge in [-0.15, -0.1) is 6.58 Å². The van der Waals surface area contributed by atoms with Crippen LogP contribution in [-0.4, -0.2) is 28.2 Å².